The molecule has 0 unspecified atom stereocenters. The number of nitrogens with zero attached hydrogens (tertiary/aromatic N) is 5. The Morgan fingerprint density at radius 3 is 2.45 bits per heavy atom. The lowest BCUT2D eigenvalue weighted by Crippen LogP contribution is -2.53. The summed E-state index contributed by atoms with van der Waals surface area (Å²) in [6, 6.07) is 5.24. The van der Waals surface area contributed by atoms with Crippen LogP contribution in [0.4, 0.5) is 5.95 Å². The predicted molar refractivity (Wildman–Crippen MR) is 105 cm³/mol. The van der Waals surface area contributed by atoms with E-state index in [2.05, 4.69) is 14.9 Å². The Balaban J connectivity index is 1.43. The number of rotatable bonds is 2. The van der Waals surface area contributed by atoms with E-state index in [-0.39, 0.29) is 17.2 Å². The van der Waals surface area contributed by atoms with Gasteiger partial charge in [0.05, 0.1) is 11.7 Å². The molecule has 1 atom stereocenters. The summed E-state index contributed by atoms with van der Waals surface area (Å²) in [6.45, 7) is 3.42. The highest BCUT2D eigenvalue weighted by Gasteiger charge is 2.65. The molecule has 3 saturated heterocycles. The summed E-state index contributed by atoms with van der Waals surface area (Å²) in [5.74, 6) is 1.20. The number of carbonyl (C=O) groups is 2. The Bertz CT molecular complexity index is 908. The topological polar surface area (TPSA) is 82.8 Å². The number of fused-ring (bicyclic) bond motifs is 1. The molecule has 0 aliphatic carbocycles. The van der Waals surface area contributed by atoms with Gasteiger partial charge < -0.3 is 19.1 Å². The number of furan rings is 1. The van der Waals surface area contributed by atoms with E-state index in [0.717, 1.165) is 32.4 Å². The Kier molecular flexibility index (Phi) is 4.11. The SMILES string of the molecule is CN1CC[C@@]2(CN(c3ncccn3)CC23CCN(C(=O)c2ccco2)CC3)C1=O. The molecule has 152 valence electrons. The molecule has 5 heterocycles. The predicted octanol–water partition coefficient (Wildman–Crippen LogP) is 1.66. The summed E-state index contributed by atoms with van der Waals surface area (Å²) in [5.41, 5.74) is -0.602. The van der Waals surface area contributed by atoms with Crippen molar-refractivity contribution in [3.05, 3.63) is 42.6 Å². The highest BCUT2D eigenvalue weighted by Crippen LogP contribution is 2.58. The minimum absolute atomic E-state index is 0.0741. The van der Waals surface area contributed by atoms with Crippen molar-refractivity contribution in [3.63, 3.8) is 0 Å². The summed E-state index contributed by atoms with van der Waals surface area (Å²) in [6.07, 6.45) is 7.44. The van der Waals surface area contributed by atoms with Crippen LogP contribution in [0.2, 0.25) is 0 Å². The molecule has 3 aliphatic heterocycles. The van der Waals surface area contributed by atoms with E-state index < -0.39 is 5.41 Å². The molecule has 0 saturated carbocycles. The highest BCUT2D eigenvalue weighted by molar-refractivity contribution is 5.91. The molecule has 2 aromatic heterocycles. The van der Waals surface area contributed by atoms with Gasteiger partial charge in [-0.2, -0.15) is 0 Å². The van der Waals surface area contributed by atoms with Gasteiger partial charge in [0.25, 0.3) is 5.91 Å². The van der Waals surface area contributed by atoms with Crippen molar-refractivity contribution in [2.75, 3.05) is 44.7 Å². The first-order chi connectivity index (χ1) is 14.0. The third-order valence-electron chi connectivity index (χ3n) is 7.17. The Labute approximate surface area is 169 Å². The second-order valence-electron chi connectivity index (χ2n) is 8.51. The number of amides is 2. The van der Waals surface area contributed by atoms with Crippen molar-refractivity contribution >= 4 is 17.8 Å². The maximum Gasteiger partial charge on any atom is 0.289 e. The molecule has 2 amide bonds. The summed E-state index contributed by atoms with van der Waals surface area (Å²) in [5, 5.41) is 0. The highest BCUT2D eigenvalue weighted by atomic mass is 16.3. The molecule has 0 radical (unpaired) electrons. The Hall–Kier alpha value is -2.90. The quantitative estimate of drug-likeness (QED) is 0.769. The van der Waals surface area contributed by atoms with Gasteiger partial charge in [0.2, 0.25) is 11.9 Å². The van der Waals surface area contributed by atoms with Crippen LogP contribution in [-0.4, -0.2) is 71.4 Å². The molecule has 3 aliphatic rings. The molecule has 8 heteroatoms. The molecule has 0 aromatic carbocycles. The van der Waals surface area contributed by atoms with Gasteiger partial charge in [0.15, 0.2) is 5.76 Å². The lowest BCUT2D eigenvalue weighted by atomic mass is 9.60. The standard InChI is InChI=1S/C21H25N5O3/c1-24-10-7-21(18(24)28)15-26(19-22-8-3-9-23-19)14-20(21)5-11-25(12-6-20)17(27)16-4-2-13-29-16/h2-4,8-9,13H,5-7,10-12,14-15H2,1H3/t21-/m1/s1. The van der Waals surface area contributed by atoms with Crippen molar-refractivity contribution in [1.29, 1.82) is 0 Å². The van der Waals surface area contributed by atoms with E-state index in [0.29, 0.717) is 31.3 Å². The fraction of sp³-hybridized carbons (Fsp3) is 0.524. The maximum atomic E-state index is 13.3. The van der Waals surface area contributed by atoms with Crippen molar-refractivity contribution in [1.82, 2.24) is 19.8 Å². The number of piperidine rings is 1. The summed E-state index contributed by atoms with van der Waals surface area (Å²) in [4.78, 5) is 40.8. The van der Waals surface area contributed by atoms with Crippen molar-refractivity contribution in [2.24, 2.45) is 10.8 Å². The minimum Gasteiger partial charge on any atom is -0.459 e. The second-order valence-corrected chi connectivity index (χ2v) is 8.51. The van der Waals surface area contributed by atoms with E-state index in [1.807, 2.05) is 16.8 Å². The average molecular weight is 395 g/mol. The summed E-state index contributed by atoms with van der Waals surface area (Å²) < 4.78 is 5.29. The number of aromatic nitrogens is 2. The van der Waals surface area contributed by atoms with Crippen LogP contribution in [0, 0.1) is 10.8 Å². The van der Waals surface area contributed by atoms with E-state index >= 15 is 0 Å². The van der Waals surface area contributed by atoms with Gasteiger partial charge in [0.1, 0.15) is 0 Å². The number of hydrogen-bond donors (Lipinski definition) is 0. The fourth-order valence-electron chi connectivity index (χ4n) is 5.56. The first-order valence-electron chi connectivity index (χ1n) is 10.2. The van der Waals surface area contributed by atoms with Gasteiger partial charge >= 0.3 is 0 Å². The zero-order valence-electron chi connectivity index (χ0n) is 16.6. The number of hydrogen-bond acceptors (Lipinski definition) is 6. The molecule has 5 rings (SSSR count). The van der Waals surface area contributed by atoms with Crippen LogP contribution >= 0.6 is 0 Å². The van der Waals surface area contributed by atoms with E-state index in [4.69, 9.17) is 4.42 Å². The normalized spacial score (nSPS) is 26.1. The monoisotopic (exact) mass is 395 g/mol. The Morgan fingerprint density at radius 2 is 1.83 bits per heavy atom. The smallest absolute Gasteiger partial charge is 0.289 e. The molecule has 0 bridgehead atoms. The molecule has 0 N–H and O–H groups in total. The molecule has 2 aromatic rings. The van der Waals surface area contributed by atoms with Crippen LogP contribution in [0.5, 0.6) is 0 Å². The van der Waals surface area contributed by atoms with Crippen molar-refractivity contribution in [3.8, 4) is 0 Å². The van der Waals surface area contributed by atoms with Crippen LogP contribution in [0.15, 0.2) is 41.3 Å². The molecule has 29 heavy (non-hydrogen) atoms. The minimum atomic E-state index is -0.430. The van der Waals surface area contributed by atoms with Gasteiger partial charge in [-0.3, -0.25) is 9.59 Å². The van der Waals surface area contributed by atoms with E-state index in [1.165, 1.54) is 6.26 Å². The van der Waals surface area contributed by atoms with Crippen LogP contribution in [0.3, 0.4) is 0 Å². The first kappa shape index (κ1) is 18.1. The molecular formula is C21H25N5O3. The van der Waals surface area contributed by atoms with Gasteiger partial charge in [-0.15, -0.1) is 0 Å². The largest absolute Gasteiger partial charge is 0.459 e. The third kappa shape index (κ3) is 2.65. The second kappa shape index (κ2) is 6.57. The first-order valence-corrected chi connectivity index (χ1v) is 10.2. The van der Waals surface area contributed by atoms with Crippen LogP contribution in [0.1, 0.15) is 29.8 Å². The zero-order chi connectivity index (χ0) is 20.1. The number of likely N-dealkylation sites (tertiary alicyclic amines) is 2. The lowest BCUT2D eigenvalue weighted by molar-refractivity contribution is -0.140. The van der Waals surface area contributed by atoms with E-state index in [9.17, 15) is 9.59 Å². The summed E-state index contributed by atoms with van der Waals surface area (Å²) >= 11 is 0. The van der Waals surface area contributed by atoms with Crippen LogP contribution in [0.25, 0.3) is 0 Å². The van der Waals surface area contributed by atoms with Gasteiger partial charge in [-0.05, 0) is 37.5 Å². The molecule has 8 nitrogen and oxygen atoms in total. The molecule has 3 fully saturated rings. The zero-order valence-corrected chi connectivity index (χ0v) is 16.6. The number of carbonyl (C=O) groups excluding carboxylic acids is 2. The van der Waals surface area contributed by atoms with Gasteiger partial charge in [-0.25, -0.2) is 9.97 Å². The molecular weight excluding hydrogens is 370 g/mol. The average Bonchev–Trinajstić information content (AvgIpc) is 3.46. The summed E-state index contributed by atoms with van der Waals surface area (Å²) in [7, 11) is 1.89. The molecule has 2 spiro atoms. The number of anilines is 1. The maximum absolute atomic E-state index is 13.3. The van der Waals surface area contributed by atoms with Crippen molar-refractivity contribution in [2.45, 2.75) is 19.3 Å². The Morgan fingerprint density at radius 1 is 1.07 bits per heavy atom. The van der Waals surface area contributed by atoms with Gasteiger partial charge in [0, 0.05) is 57.6 Å². The van der Waals surface area contributed by atoms with Crippen molar-refractivity contribution < 1.29 is 14.0 Å². The van der Waals surface area contributed by atoms with Gasteiger partial charge in [-0.1, -0.05) is 0 Å². The third-order valence-corrected chi connectivity index (χ3v) is 7.17. The fourth-order valence-corrected chi connectivity index (χ4v) is 5.56. The van der Waals surface area contributed by atoms with E-state index in [1.54, 1.807) is 30.6 Å². The van der Waals surface area contributed by atoms with Crippen LogP contribution < -0.4 is 4.90 Å². The van der Waals surface area contributed by atoms with Crippen LogP contribution in [-0.2, 0) is 4.79 Å². The lowest BCUT2D eigenvalue weighted by Gasteiger charge is -2.46.